The van der Waals surface area contributed by atoms with Crippen molar-refractivity contribution >= 4 is 11.9 Å². The minimum atomic E-state index is -1.02. The van der Waals surface area contributed by atoms with Crippen molar-refractivity contribution in [2.24, 2.45) is 5.41 Å². The standard InChI is InChI=1S/C10H15N3O2/c1-10(2,3)6-13-9-11-4-7(5-12-9)8(14)15/h4-5H,6H2,1-3H3,(H,14,15)(H,11,12,13). The van der Waals surface area contributed by atoms with Crippen LogP contribution in [0.15, 0.2) is 12.4 Å². The van der Waals surface area contributed by atoms with Gasteiger partial charge in [-0.1, -0.05) is 20.8 Å². The SMILES string of the molecule is CC(C)(C)CNc1ncc(C(=O)O)cn1. The quantitative estimate of drug-likeness (QED) is 0.791. The highest BCUT2D eigenvalue weighted by Gasteiger charge is 2.10. The predicted molar refractivity (Wildman–Crippen MR) is 56.9 cm³/mol. The van der Waals surface area contributed by atoms with Gasteiger partial charge in [0.1, 0.15) is 0 Å². The number of aromatic carboxylic acids is 1. The zero-order valence-corrected chi connectivity index (χ0v) is 9.11. The first-order valence-corrected chi connectivity index (χ1v) is 4.68. The van der Waals surface area contributed by atoms with E-state index in [1.165, 1.54) is 12.4 Å². The number of hydrogen-bond acceptors (Lipinski definition) is 4. The zero-order valence-electron chi connectivity index (χ0n) is 9.11. The van der Waals surface area contributed by atoms with Crippen LogP contribution in [0.4, 0.5) is 5.95 Å². The van der Waals surface area contributed by atoms with Crippen molar-refractivity contribution in [1.82, 2.24) is 9.97 Å². The first kappa shape index (κ1) is 11.4. The molecule has 0 spiro atoms. The smallest absolute Gasteiger partial charge is 0.338 e. The number of rotatable bonds is 3. The van der Waals surface area contributed by atoms with Gasteiger partial charge >= 0.3 is 5.97 Å². The average Bonchev–Trinajstić information content (AvgIpc) is 2.14. The Morgan fingerprint density at radius 2 is 1.93 bits per heavy atom. The van der Waals surface area contributed by atoms with Crippen LogP contribution >= 0.6 is 0 Å². The summed E-state index contributed by atoms with van der Waals surface area (Å²) in [6.07, 6.45) is 2.58. The summed E-state index contributed by atoms with van der Waals surface area (Å²) in [7, 11) is 0. The minimum Gasteiger partial charge on any atom is -0.478 e. The van der Waals surface area contributed by atoms with E-state index < -0.39 is 5.97 Å². The number of anilines is 1. The van der Waals surface area contributed by atoms with Crippen LogP contribution in [-0.4, -0.2) is 27.6 Å². The molecule has 82 valence electrons. The summed E-state index contributed by atoms with van der Waals surface area (Å²) in [6, 6.07) is 0. The van der Waals surface area contributed by atoms with Gasteiger partial charge in [-0.15, -0.1) is 0 Å². The minimum absolute atomic E-state index is 0.0938. The van der Waals surface area contributed by atoms with Gasteiger partial charge in [0.05, 0.1) is 5.56 Å². The molecule has 2 N–H and O–H groups in total. The summed E-state index contributed by atoms with van der Waals surface area (Å²) in [6.45, 7) is 7.00. The molecule has 0 aromatic carbocycles. The fourth-order valence-corrected chi connectivity index (χ4v) is 0.874. The summed E-state index contributed by atoms with van der Waals surface area (Å²) in [4.78, 5) is 18.3. The molecule has 1 aromatic heterocycles. The van der Waals surface area contributed by atoms with Crippen molar-refractivity contribution in [3.8, 4) is 0 Å². The van der Waals surface area contributed by atoms with Crippen LogP contribution < -0.4 is 5.32 Å². The van der Waals surface area contributed by atoms with Gasteiger partial charge in [-0.25, -0.2) is 14.8 Å². The Morgan fingerprint density at radius 3 is 2.33 bits per heavy atom. The number of carboxylic acid groups (broad SMARTS) is 1. The van der Waals surface area contributed by atoms with Gasteiger partial charge in [0, 0.05) is 18.9 Å². The molecule has 5 nitrogen and oxygen atoms in total. The van der Waals surface area contributed by atoms with Gasteiger partial charge in [-0.2, -0.15) is 0 Å². The van der Waals surface area contributed by atoms with Crippen LogP contribution in [0, 0.1) is 5.41 Å². The summed E-state index contributed by atoms with van der Waals surface area (Å²) >= 11 is 0. The fourth-order valence-electron chi connectivity index (χ4n) is 0.874. The van der Waals surface area contributed by atoms with E-state index in [4.69, 9.17) is 5.11 Å². The highest BCUT2D eigenvalue weighted by molar-refractivity contribution is 5.86. The third kappa shape index (κ3) is 3.93. The molecule has 0 unspecified atom stereocenters. The molecule has 0 fully saturated rings. The Hall–Kier alpha value is -1.65. The number of nitrogens with one attached hydrogen (secondary N) is 1. The summed E-state index contributed by atoms with van der Waals surface area (Å²) < 4.78 is 0. The van der Waals surface area contributed by atoms with Gasteiger partial charge in [0.15, 0.2) is 0 Å². The van der Waals surface area contributed by atoms with Crippen molar-refractivity contribution in [2.45, 2.75) is 20.8 Å². The molecule has 0 amide bonds. The molecule has 1 aromatic rings. The molecule has 0 aliphatic heterocycles. The van der Waals surface area contributed by atoms with Gasteiger partial charge in [0.2, 0.25) is 5.95 Å². The number of carboxylic acids is 1. The van der Waals surface area contributed by atoms with E-state index in [9.17, 15) is 4.79 Å². The van der Waals surface area contributed by atoms with Crippen molar-refractivity contribution < 1.29 is 9.90 Å². The maximum absolute atomic E-state index is 10.5. The molecule has 0 aliphatic rings. The lowest BCUT2D eigenvalue weighted by Gasteiger charge is -2.18. The molecule has 0 aliphatic carbocycles. The van der Waals surface area contributed by atoms with Gasteiger partial charge < -0.3 is 10.4 Å². The van der Waals surface area contributed by atoms with Crippen LogP contribution in [0.5, 0.6) is 0 Å². The van der Waals surface area contributed by atoms with Crippen LogP contribution in [0.2, 0.25) is 0 Å². The van der Waals surface area contributed by atoms with Gasteiger partial charge in [0.25, 0.3) is 0 Å². The Bertz CT molecular complexity index is 341. The topological polar surface area (TPSA) is 75.1 Å². The van der Waals surface area contributed by atoms with Gasteiger partial charge in [-0.3, -0.25) is 0 Å². The first-order chi connectivity index (χ1) is 6.88. The maximum Gasteiger partial charge on any atom is 0.338 e. The summed E-state index contributed by atoms with van der Waals surface area (Å²) in [5.41, 5.74) is 0.228. The highest BCUT2D eigenvalue weighted by Crippen LogP contribution is 2.12. The van der Waals surface area contributed by atoms with Crippen molar-refractivity contribution in [1.29, 1.82) is 0 Å². The van der Waals surface area contributed by atoms with Crippen molar-refractivity contribution in [2.75, 3.05) is 11.9 Å². The second kappa shape index (κ2) is 4.25. The number of aromatic nitrogens is 2. The van der Waals surface area contributed by atoms with E-state index >= 15 is 0 Å². The van der Waals surface area contributed by atoms with E-state index in [0.717, 1.165) is 6.54 Å². The highest BCUT2D eigenvalue weighted by atomic mass is 16.4. The fraction of sp³-hybridized carbons (Fsp3) is 0.500. The molecule has 0 radical (unpaired) electrons. The monoisotopic (exact) mass is 209 g/mol. The van der Waals surface area contributed by atoms with Crippen LogP contribution in [0.25, 0.3) is 0 Å². The lowest BCUT2D eigenvalue weighted by atomic mass is 9.97. The van der Waals surface area contributed by atoms with E-state index in [-0.39, 0.29) is 11.0 Å². The van der Waals surface area contributed by atoms with E-state index in [2.05, 4.69) is 36.1 Å². The summed E-state index contributed by atoms with van der Waals surface area (Å²) in [5.74, 6) is -0.563. The Balaban J connectivity index is 2.61. The van der Waals surface area contributed by atoms with Crippen molar-refractivity contribution in [3.63, 3.8) is 0 Å². The maximum atomic E-state index is 10.5. The second-order valence-electron chi connectivity index (χ2n) is 4.51. The van der Waals surface area contributed by atoms with Crippen molar-refractivity contribution in [3.05, 3.63) is 18.0 Å². The van der Waals surface area contributed by atoms with Crippen LogP contribution in [0.3, 0.4) is 0 Å². The molecular formula is C10H15N3O2. The van der Waals surface area contributed by atoms with Crippen LogP contribution in [0.1, 0.15) is 31.1 Å². The van der Waals surface area contributed by atoms with Gasteiger partial charge in [-0.05, 0) is 5.41 Å². The lowest BCUT2D eigenvalue weighted by molar-refractivity contribution is 0.0696. The average molecular weight is 209 g/mol. The molecule has 15 heavy (non-hydrogen) atoms. The Morgan fingerprint density at radius 1 is 1.40 bits per heavy atom. The lowest BCUT2D eigenvalue weighted by Crippen LogP contribution is -2.20. The van der Waals surface area contributed by atoms with E-state index in [0.29, 0.717) is 5.95 Å². The summed E-state index contributed by atoms with van der Waals surface area (Å²) in [5, 5.41) is 11.7. The number of carbonyl (C=O) groups is 1. The third-order valence-corrected chi connectivity index (χ3v) is 1.68. The zero-order chi connectivity index (χ0) is 11.5. The normalized spacial score (nSPS) is 11.1. The second-order valence-corrected chi connectivity index (χ2v) is 4.51. The number of hydrogen-bond donors (Lipinski definition) is 2. The van der Waals surface area contributed by atoms with E-state index in [1.54, 1.807) is 0 Å². The Kier molecular flexibility index (Phi) is 3.24. The first-order valence-electron chi connectivity index (χ1n) is 4.68. The molecule has 0 saturated heterocycles. The molecule has 5 heteroatoms. The van der Waals surface area contributed by atoms with E-state index in [1.807, 2.05) is 0 Å². The molecule has 1 heterocycles. The molecular weight excluding hydrogens is 194 g/mol. The predicted octanol–water partition coefficient (Wildman–Crippen LogP) is 1.63. The Labute approximate surface area is 88.6 Å². The number of nitrogens with zero attached hydrogens (tertiary/aromatic N) is 2. The van der Waals surface area contributed by atoms with Crippen LogP contribution in [-0.2, 0) is 0 Å². The largest absolute Gasteiger partial charge is 0.478 e. The molecule has 1 rings (SSSR count). The molecule has 0 saturated carbocycles. The third-order valence-electron chi connectivity index (χ3n) is 1.68. The molecule has 0 atom stereocenters. The molecule has 0 bridgehead atoms.